The smallest absolute Gasteiger partial charge is 0.243 e. The zero-order valence-electron chi connectivity index (χ0n) is 17.8. The van der Waals surface area contributed by atoms with E-state index in [2.05, 4.69) is 18.5 Å². The van der Waals surface area contributed by atoms with Gasteiger partial charge in [-0.15, -0.1) is 13.2 Å². The highest BCUT2D eigenvalue weighted by atomic mass is 16.2. The standard InChI is InChI=1S/C23H32N4O2/c1-6-15-26(16-7-2)21(28)17-27-19-12-9-8-11-18(19)25-20(27)13-10-14-24-22(29)23(3,4)5/h6-9,11-12H,1-2,10,13-17H2,3-5H3,(H,24,29). The number of hydrogen-bond acceptors (Lipinski definition) is 3. The van der Waals surface area contributed by atoms with Gasteiger partial charge in [-0.25, -0.2) is 4.98 Å². The lowest BCUT2D eigenvalue weighted by atomic mass is 9.96. The number of carbonyl (C=O) groups is 2. The van der Waals surface area contributed by atoms with E-state index in [1.54, 1.807) is 17.1 Å². The predicted molar refractivity (Wildman–Crippen MR) is 117 cm³/mol. The Labute approximate surface area is 173 Å². The van der Waals surface area contributed by atoms with Gasteiger partial charge in [0.1, 0.15) is 12.4 Å². The highest BCUT2D eigenvalue weighted by Crippen LogP contribution is 2.18. The van der Waals surface area contributed by atoms with E-state index in [1.807, 2.05) is 49.6 Å². The van der Waals surface area contributed by atoms with Crippen LogP contribution in [0.2, 0.25) is 0 Å². The summed E-state index contributed by atoms with van der Waals surface area (Å²) < 4.78 is 1.97. The molecule has 6 heteroatoms. The van der Waals surface area contributed by atoms with E-state index in [0.717, 1.165) is 23.3 Å². The van der Waals surface area contributed by atoms with Crippen LogP contribution >= 0.6 is 0 Å². The number of nitrogens with one attached hydrogen (secondary N) is 1. The number of imidazole rings is 1. The van der Waals surface area contributed by atoms with Crippen molar-refractivity contribution in [1.82, 2.24) is 19.8 Å². The molecule has 0 spiro atoms. The minimum atomic E-state index is -0.403. The summed E-state index contributed by atoms with van der Waals surface area (Å²) in [7, 11) is 0. The number of aryl methyl sites for hydroxylation is 1. The third kappa shape index (κ3) is 6.04. The van der Waals surface area contributed by atoms with Crippen LogP contribution in [0.3, 0.4) is 0 Å². The fraction of sp³-hybridized carbons (Fsp3) is 0.435. The maximum atomic E-state index is 12.8. The van der Waals surface area contributed by atoms with Crippen LogP contribution in [0.4, 0.5) is 0 Å². The summed E-state index contributed by atoms with van der Waals surface area (Å²) in [4.78, 5) is 31.3. The molecule has 0 aliphatic carbocycles. The van der Waals surface area contributed by atoms with E-state index in [1.165, 1.54) is 0 Å². The number of aromatic nitrogens is 2. The molecule has 1 N–H and O–H groups in total. The van der Waals surface area contributed by atoms with Crippen molar-refractivity contribution in [3.05, 3.63) is 55.4 Å². The Hall–Kier alpha value is -2.89. The first kappa shape index (κ1) is 22.4. The summed E-state index contributed by atoms with van der Waals surface area (Å²) >= 11 is 0. The quantitative estimate of drug-likeness (QED) is 0.495. The van der Waals surface area contributed by atoms with E-state index in [0.29, 0.717) is 26.1 Å². The second-order valence-corrected chi connectivity index (χ2v) is 8.09. The number of para-hydroxylation sites is 2. The van der Waals surface area contributed by atoms with Crippen LogP contribution in [0.5, 0.6) is 0 Å². The summed E-state index contributed by atoms with van der Waals surface area (Å²) in [5.41, 5.74) is 1.40. The van der Waals surface area contributed by atoms with Gasteiger partial charge >= 0.3 is 0 Å². The first-order chi connectivity index (χ1) is 13.8. The number of amides is 2. The Kier molecular flexibility index (Phi) is 7.76. The molecule has 0 bridgehead atoms. The molecular formula is C23H32N4O2. The van der Waals surface area contributed by atoms with Crippen molar-refractivity contribution in [2.24, 2.45) is 5.41 Å². The topological polar surface area (TPSA) is 67.2 Å². The van der Waals surface area contributed by atoms with Gasteiger partial charge in [0.15, 0.2) is 0 Å². The number of rotatable bonds is 10. The first-order valence-electron chi connectivity index (χ1n) is 10.00. The van der Waals surface area contributed by atoms with Crippen molar-refractivity contribution in [2.75, 3.05) is 19.6 Å². The van der Waals surface area contributed by atoms with Crippen molar-refractivity contribution < 1.29 is 9.59 Å². The zero-order chi connectivity index (χ0) is 21.4. The van der Waals surface area contributed by atoms with Crippen molar-refractivity contribution in [2.45, 2.75) is 40.2 Å². The number of hydrogen-bond donors (Lipinski definition) is 1. The average Bonchev–Trinajstić information content (AvgIpc) is 3.01. The normalized spacial score (nSPS) is 11.3. The second kappa shape index (κ2) is 10.0. The van der Waals surface area contributed by atoms with Crippen LogP contribution < -0.4 is 5.32 Å². The first-order valence-corrected chi connectivity index (χ1v) is 10.00. The molecule has 156 valence electrons. The van der Waals surface area contributed by atoms with E-state index in [9.17, 15) is 9.59 Å². The zero-order valence-corrected chi connectivity index (χ0v) is 17.8. The molecule has 0 unspecified atom stereocenters. The molecule has 0 radical (unpaired) electrons. The Morgan fingerprint density at radius 1 is 1.17 bits per heavy atom. The number of carbonyl (C=O) groups excluding carboxylic acids is 2. The molecule has 2 aromatic rings. The molecular weight excluding hydrogens is 364 g/mol. The van der Waals surface area contributed by atoms with Crippen molar-refractivity contribution in [3.63, 3.8) is 0 Å². The molecule has 0 atom stereocenters. The molecule has 1 aromatic carbocycles. The second-order valence-electron chi connectivity index (χ2n) is 8.09. The molecule has 6 nitrogen and oxygen atoms in total. The third-order valence-electron chi connectivity index (χ3n) is 4.62. The van der Waals surface area contributed by atoms with Gasteiger partial charge in [0.2, 0.25) is 11.8 Å². The van der Waals surface area contributed by atoms with Gasteiger partial charge < -0.3 is 14.8 Å². The fourth-order valence-electron chi connectivity index (χ4n) is 3.03. The van der Waals surface area contributed by atoms with Gasteiger partial charge in [-0.1, -0.05) is 45.1 Å². The van der Waals surface area contributed by atoms with Crippen molar-refractivity contribution in [1.29, 1.82) is 0 Å². The molecule has 0 fully saturated rings. The Morgan fingerprint density at radius 3 is 2.45 bits per heavy atom. The lowest BCUT2D eigenvalue weighted by Crippen LogP contribution is -2.35. The Bertz CT molecular complexity index is 867. The van der Waals surface area contributed by atoms with Gasteiger partial charge in [-0.05, 0) is 18.6 Å². The molecule has 29 heavy (non-hydrogen) atoms. The van der Waals surface area contributed by atoms with Crippen LogP contribution in [0.15, 0.2) is 49.6 Å². The van der Waals surface area contributed by atoms with Gasteiger partial charge in [-0.3, -0.25) is 9.59 Å². The molecule has 2 amide bonds. The van der Waals surface area contributed by atoms with Crippen LogP contribution in [0.1, 0.15) is 33.0 Å². The maximum absolute atomic E-state index is 12.8. The lowest BCUT2D eigenvalue weighted by molar-refractivity contribution is -0.130. The van der Waals surface area contributed by atoms with Crippen molar-refractivity contribution in [3.8, 4) is 0 Å². The Morgan fingerprint density at radius 2 is 1.83 bits per heavy atom. The highest BCUT2D eigenvalue weighted by Gasteiger charge is 2.21. The van der Waals surface area contributed by atoms with Gasteiger partial charge in [0.05, 0.1) is 11.0 Å². The predicted octanol–water partition coefficient (Wildman–Crippen LogP) is 3.33. The molecule has 1 aromatic heterocycles. The largest absolute Gasteiger partial charge is 0.356 e. The summed E-state index contributed by atoms with van der Waals surface area (Å²) in [5, 5.41) is 2.97. The Balaban J connectivity index is 2.14. The summed E-state index contributed by atoms with van der Waals surface area (Å²) in [6, 6.07) is 7.82. The number of nitrogens with zero attached hydrogens (tertiary/aromatic N) is 3. The minimum absolute atomic E-state index is 0.00441. The maximum Gasteiger partial charge on any atom is 0.243 e. The lowest BCUT2D eigenvalue weighted by Gasteiger charge is -2.20. The monoisotopic (exact) mass is 396 g/mol. The molecule has 0 saturated carbocycles. The summed E-state index contributed by atoms with van der Waals surface area (Å²) in [6.07, 6.45) is 4.86. The molecule has 0 saturated heterocycles. The highest BCUT2D eigenvalue weighted by molar-refractivity contribution is 5.82. The summed E-state index contributed by atoms with van der Waals surface area (Å²) in [5.74, 6) is 0.877. The molecule has 0 aliphatic heterocycles. The third-order valence-corrected chi connectivity index (χ3v) is 4.62. The van der Waals surface area contributed by atoms with Crippen LogP contribution in [-0.4, -0.2) is 45.9 Å². The van der Waals surface area contributed by atoms with E-state index < -0.39 is 5.41 Å². The van der Waals surface area contributed by atoms with Crippen LogP contribution in [0.25, 0.3) is 11.0 Å². The minimum Gasteiger partial charge on any atom is -0.356 e. The van der Waals surface area contributed by atoms with Gasteiger partial charge in [0, 0.05) is 31.5 Å². The summed E-state index contributed by atoms with van der Waals surface area (Å²) in [6.45, 7) is 14.9. The van der Waals surface area contributed by atoms with Crippen LogP contribution in [-0.2, 0) is 22.6 Å². The number of fused-ring (bicyclic) bond motifs is 1. The number of benzene rings is 1. The van der Waals surface area contributed by atoms with Gasteiger partial charge in [0.25, 0.3) is 0 Å². The van der Waals surface area contributed by atoms with E-state index >= 15 is 0 Å². The van der Waals surface area contributed by atoms with Crippen LogP contribution in [0, 0.1) is 5.41 Å². The van der Waals surface area contributed by atoms with Gasteiger partial charge in [-0.2, -0.15) is 0 Å². The van der Waals surface area contributed by atoms with Crippen molar-refractivity contribution >= 4 is 22.8 Å². The fourth-order valence-corrected chi connectivity index (χ4v) is 3.03. The molecule has 0 aliphatic rings. The SMILES string of the molecule is C=CCN(CC=C)C(=O)Cn1c(CCCNC(=O)C(C)(C)C)nc2ccccc21. The molecule has 1 heterocycles. The van der Waals surface area contributed by atoms with E-state index in [4.69, 9.17) is 4.98 Å². The van der Waals surface area contributed by atoms with E-state index in [-0.39, 0.29) is 18.4 Å². The average molecular weight is 397 g/mol. The molecule has 2 rings (SSSR count).